The SMILES string of the molecule is O=C(Nc1cc(O[C@@H]2CCOC2)cc(C(F)(F)F)c1)c1cccnc1Nc1cccc2c1CNC2=O. The molecule has 3 heterocycles. The fraction of sp³-hybridized carbons (Fsp3) is 0.240. The van der Waals surface area contributed by atoms with Gasteiger partial charge in [-0.15, -0.1) is 0 Å². The number of hydrogen-bond acceptors (Lipinski definition) is 6. The van der Waals surface area contributed by atoms with Gasteiger partial charge >= 0.3 is 6.18 Å². The second-order valence-corrected chi connectivity index (χ2v) is 8.34. The molecule has 3 N–H and O–H groups in total. The predicted molar refractivity (Wildman–Crippen MR) is 124 cm³/mol. The Balaban J connectivity index is 1.41. The Labute approximate surface area is 203 Å². The van der Waals surface area contributed by atoms with Crippen LogP contribution >= 0.6 is 0 Å². The van der Waals surface area contributed by atoms with Crippen molar-refractivity contribution in [3.8, 4) is 5.75 Å². The highest BCUT2D eigenvalue weighted by molar-refractivity contribution is 6.08. The molecule has 1 aromatic heterocycles. The van der Waals surface area contributed by atoms with Crippen LogP contribution in [0.2, 0.25) is 0 Å². The molecule has 2 aliphatic heterocycles. The van der Waals surface area contributed by atoms with E-state index in [1.807, 2.05) is 0 Å². The summed E-state index contributed by atoms with van der Waals surface area (Å²) in [4.78, 5) is 29.3. The van der Waals surface area contributed by atoms with E-state index < -0.39 is 17.6 Å². The zero-order valence-electron chi connectivity index (χ0n) is 18.8. The van der Waals surface area contributed by atoms with Crippen molar-refractivity contribution in [2.24, 2.45) is 0 Å². The highest BCUT2D eigenvalue weighted by atomic mass is 19.4. The maximum absolute atomic E-state index is 13.5. The topological polar surface area (TPSA) is 102 Å². The van der Waals surface area contributed by atoms with Gasteiger partial charge in [-0.3, -0.25) is 9.59 Å². The highest BCUT2D eigenvalue weighted by Crippen LogP contribution is 2.35. The average molecular weight is 498 g/mol. The number of carbonyl (C=O) groups is 2. The van der Waals surface area contributed by atoms with Gasteiger partial charge in [-0.25, -0.2) is 4.98 Å². The molecule has 11 heteroatoms. The first-order valence-electron chi connectivity index (χ1n) is 11.2. The number of fused-ring (bicyclic) bond motifs is 1. The van der Waals surface area contributed by atoms with E-state index in [0.717, 1.165) is 17.7 Å². The average Bonchev–Trinajstić information content (AvgIpc) is 3.49. The number of ether oxygens (including phenoxy) is 2. The Morgan fingerprint density at radius 3 is 2.81 bits per heavy atom. The molecule has 0 bridgehead atoms. The van der Waals surface area contributed by atoms with E-state index in [0.29, 0.717) is 30.8 Å². The lowest BCUT2D eigenvalue weighted by molar-refractivity contribution is -0.137. The molecular weight excluding hydrogens is 477 g/mol. The van der Waals surface area contributed by atoms with Crippen LogP contribution in [0.5, 0.6) is 5.75 Å². The van der Waals surface area contributed by atoms with Crippen LogP contribution < -0.4 is 20.7 Å². The molecule has 8 nitrogen and oxygen atoms in total. The van der Waals surface area contributed by atoms with E-state index in [2.05, 4.69) is 20.9 Å². The van der Waals surface area contributed by atoms with Gasteiger partial charge in [0.15, 0.2) is 0 Å². The van der Waals surface area contributed by atoms with Crippen LogP contribution in [0, 0.1) is 0 Å². The molecule has 1 fully saturated rings. The lowest BCUT2D eigenvalue weighted by Crippen LogP contribution is -2.18. The van der Waals surface area contributed by atoms with Crippen LogP contribution in [0.1, 0.15) is 38.3 Å². The zero-order valence-corrected chi connectivity index (χ0v) is 18.8. The Bertz CT molecular complexity index is 1320. The quantitative estimate of drug-likeness (QED) is 0.463. The van der Waals surface area contributed by atoms with Crippen molar-refractivity contribution in [1.29, 1.82) is 0 Å². The third kappa shape index (κ3) is 4.96. The molecule has 1 saturated heterocycles. The van der Waals surface area contributed by atoms with Gasteiger partial charge in [-0.2, -0.15) is 13.2 Å². The van der Waals surface area contributed by atoms with E-state index in [-0.39, 0.29) is 41.4 Å². The van der Waals surface area contributed by atoms with Crippen LogP contribution in [-0.4, -0.2) is 36.1 Å². The zero-order chi connectivity index (χ0) is 25.3. The van der Waals surface area contributed by atoms with Crippen molar-refractivity contribution >= 4 is 29.0 Å². The number of carbonyl (C=O) groups excluding carboxylic acids is 2. The van der Waals surface area contributed by atoms with Crippen LogP contribution in [0.3, 0.4) is 0 Å². The molecule has 2 aliphatic rings. The number of hydrogen-bond donors (Lipinski definition) is 3. The van der Waals surface area contributed by atoms with Crippen LogP contribution in [0.15, 0.2) is 54.7 Å². The number of amides is 2. The van der Waals surface area contributed by atoms with Crippen molar-refractivity contribution in [1.82, 2.24) is 10.3 Å². The summed E-state index contributed by atoms with van der Waals surface area (Å²) in [6.07, 6.45) is -2.95. The molecule has 0 aliphatic carbocycles. The van der Waals surface area contributed by atoms with Gasteiger partial charge in [0.1, 0.15) is 17.7 Å². The predicted octanol–water partition coefficient (Wildman–Crippen LogP) is 4.51. The van der Waals surface area contributed by atoms with Crippen molar-refractivity contribution < 1.29 is 32.2 Å². The van der Waals surface area contributed by atoms with Crippen molar-refractivity contribution in [3.05, 3.63) is 77.0 Å². The van der Waals surface area contributed by atoms with E-state index >= 15 is 0 Å². The lowest BCUT2D eigenvalue weighted by atomic mass is 10.1. The number of halogens is 3. The van der Waals surface area contributed by atoms with Gasteiger partial charge < -0.3 is 25.4 Å². The van der Waals surface area contributed by atoms with Crippen LogP contribution in [0.4, 0.5) is 30.4 Å². The number of rotatable bonds is 6. The molecule has 186 valence electrons. The summed E-state index contributed by atoms with van der Waals surface area (Å²) in [5.74, 6) is -0.687. The molecular formula is C25H21F3N4O4. The van der Waals surface area contributed by atoms with E-state index in [4.69, 9.17) is 9.47 Å². The van der Waals surface area contributed by atoms with Gasteiger partial charge in [0.05, 0.1) is 24.3 Å². The maximum atomic E-state index is 13.5. The Kier molecular flexibility index (Phi) is 6.23. The minimum atomic E-state index is -4.63. The monoisotopic (exact) mass is 498 g/mol. The van der Waals surface area contributed by atoms with E-state index in [1.165, 1.54) is 18.3 Å². The van der Waals surface area contributed by atoms with Gasteiger partial charge in [0.25, 0.3) is 11.8 Å². The van der Waals surface area contributed by atoms with Gasteiger partial charge in [-0.05, 0) is 36.4 Å². The highest BCUT2D eigenvalue weighted by Gasteiger charge is 2.32. The second-order valence-electron chi connectivity index (χ2n) is 8.34. The third-order valence-electron chi connectivity index (χ3n) is 5.83. The van der Waals surface area contributed by atoms with E-state index in [9.17, 15) is 22.8 Å². The van der Waals surface area contributed by atoms with Gasteiger partial charge in [0, 0.05) is 47.7 Å². The minimum absolute atomic E-state index is 0.0165. The maximum Gasteiger partial charge on any atom is 0.416 e. The molecule has 1 atom stereocenters. The molecule has 0 spiro atoms. The molecule has 3 aromatic rings. The number of benzene rings is 2. The van der Waals surface area contributed by atoms with Crippen LogP contribution in [0.25, 0.3) is 0 Å². The smallest absolute Gasteiger partial charge is 0.416 e. The fourth-order valence-corrected chi connectivity index (χ4v) is 4.09. The van der Waals surface area contributed by atoms with Crippen molar-refractivity contribution in [3.63, 3.8) is 0 Å². The normalized spacial score (nSPS) is 16.9. The third-order valence-corrected chi connectivity index (χ3v) is 5.83. The Hall–Kier alpha value is -4.12. The van der Waals surface area contributed by atoms with E-state index in [1.54, 1.807) is 24.3 Å². The van der Waals surface area contributed by atoms with Crippen molar-refractivity contribution in [2.75, 3.05) is 23.8 Å². The number of pyridine rings is 1. The molecule has 36 heavy (non-hydrogen) atoms. The summed E-state index contributed by atoms with van der Waals surface area (Å²) in [7, 11) is 0. The van der Waals surface area contributed by atoms with Gasteiger partial charge in [-0.1, -0.05) is 6.07 Å². The molecule has 0 unspecified atom stereocenters. The number of nitrogens with one attached hydrogen (secondary N) is 3. The number of alkyl halides is 3. The largest absolute Gasteiger partial charge is 0.488 e. The van der Waals surface area contributed by atoms with Crippen LogP contribution in [-0.2, 0) is 17.5 Å². The molecule has 2 amide bonds. The first-order chi connectivity index (χ1) is 17.3. The first-order valence-corrected chi connectivity index (χ1v) is 11.2. The summed E-state index contributed by atoms with van der Waals surface area (Å²) in [5.41, 5.74) is 0.925. The second kappa shape index (κ2) is 9.50. The molecule has 0 radical (unpaired) electrons. The fourth-order valence-electron chi connectivity index (χ4n) is 4.09. The lowest BCUT2D eigenvalue weighted by Gasteiger charge is -2.17. The number of nitrogens with zero attached hydrogens (tertiary/aromatic N) is 1. The summed E-state index contributed by atoms with van der Waals surface area (Å²) in [5, 5.41) is 8.34. The Morgan fingerprint density at radius 1 is 1.17 bits per heavy atom. The Morgan fingerprint density at radius 2 is 2.03 bits per heavy atom. The first kappa shape index (κ1) is 23.6. The summed E-state index contributed by atoms with van der Waals surface area (Å²) >= 11 is 0. The number of aromatic nitrogens is 1. The molecule has 2 aromatic carbocycles. The summed E-state index contributed by atoms with van der Waals surface area (Å²) in [6.45, 7) is 1.08. The minimum Gasteiger partial charge on any atom is -0.488 e. The molecule has 5 rings (SSSR count). The number of anilines is 3. The summed E-state index contributed by atoms with van der Waals surface area (Å²) < 4.78 is 51.4. The van der Waals surface area contributed by atoms with Gasteiger partial charge in [0.2, 0.25) is 0 Å². The van der Waals surface area contributed by atoms with Crippen molar-refractivity contribution in [2.45, 2.75) is 25.2 Å². The molecule has 0 saturated carbocycles. The summed E-state index contributed by atoms with van der Waals surface area (Å²) in [6, 6.07) is 11.3. The standard InChI is InChI=1S/C25H21F3N4O4/c26-25(27,28)14-9-15(11-17(10-14)36-16-6-8-35-13-16)31-24(34)19-4-2-7-29-22(19)32-21-5-1-3-18-20(21)12-30-23(18)33/h1-5,7,9-11,16H,6,8,12-13H2,(H,29,32)(H,30,33)(H,31,34)/t16-/m1/s1.